The molecule has 2 aromatic carbocycles. The molecule has 4 nitrogen and oxygen atoms in total. The van der Waals surface area contributed by atoms with Crippen LogP contribution in [0.2, 0.25) is 5.02 Å². The number of fused-ring (bicyclic) bond motifs is 1. The van der Waals surface area contributed by atoms with Crippen LogP contribution in [0.25, 0.3) is 0 Å². The Morgan fingerprint density at radius 1 is 1.30 bits per heavy atom. The second-order valence-electron chi connectivity index (χ2n) is 5.28. The first-order chi connectivity index (χ1) is 11.0. The van der Waals surface area contributed by atoms with Gasteiger partial charge in [0.15, 0.2) is 0 Å². The molecule has 2 aromatic rings. The Morgan fingerprint density at radius 3 is 2.87 bits per heavy atom. The van der Waals surface area contributed by atoms with Crippen molar-refractivity contribution < 1.29 is 9.59 Å². The molecule has 0 bridgehead atoms. The zero-order valence-electron chi connectivity index (χ0n) is 12.4. The van der Waals surface area contributed by atoms with Crippen LogP contribution >= 0.6 is 23.4 Å². The van der Waals surface area contributed by atoms with Crippen LogP contribution < -0.4 is 10.6 Å². The number of thioether (sulfide) groups is 1. The van der Waals surface area contributed by atoms with Gasteiger partial charge in [-0.1, -0.05) is 29.8 Å². The maximum absolute atomic E-state index is 12.2. The Labute approximate surface area is 143 Å². The first kappa shape index (κ1) is 15.9. The Kier molecular flexibility index (Phi) is 4.59. The Hall–Kier alpha value is -1.98. The van der Waals surface area contributed by atoms with Crippen molar-refractivity contribution >= 4 is 46.6 Å². The summed E-state index contributed by atoms with van der Waals surface area (Å²) in [6.07, 6.45) is 0.203. The van der Waals surface area contributed by atoms with E-state index in [4.69, 9.17) is 11.6 Å². The standard InChI is InChI=1S/C17H15ClN2O2S/c1-10-17(22)20-14-9-12(6-7-15(14)23-10)19-16(21)8-11-4-2-3-5-13(11)18/h2-7,9-10H,8H2,1H3,(H,19,21)(H,20,22). The topological polar surface area (TPSA) is 58.2 Å². The molecule has 23 heavy (non-hydrogen) atoms. The number of anilines is 2. The van der Waals surface area contributed by atoms with E-state index >= 15 is 0 Å². The van der Waals surface area contributed by atoms with Gasteiger partial charge >= 0.3 is 0 Å². The van der Waals surface area contributed by atoms with Gasteiger partial charge < -0.3 is 10.6 Å². The van der Waals surface area contributed by atoms with E-state index < -0.39 is 0 Å². The van der Waals surface area contributed by atoms with Crippen LogP contribution in [-0.2, 0) is 16.0 Å². The predicted octanol–water partition coefficient (Wildman–Crippen LogP) is 3.95. The number of benzene rings is 2. The van der Waals surface area contributed by atoms with E-state index in [9.17, 15) is 9.59 Å². The van der Waals surface area contributed by atoms with Gasteiger partial charge in [0.05, 0.1) is 17.4 Å². The Balaban J connectivity index is 1.71. The lowest BCUT2D eigenvalue weighted by Gasteiger charge is -2.22. The molecular weight excluding hydrogens is 332 g/mol. The number of carbonyl (C=O) groups is 2. The monoisotopic (exact) mass is 346 g/mol. The summed E-state index contributed by atoms with van der Waals surface area (Å²) in [7, 11) is 0. The first-order valence-corrected chi connectivity index (χ1v) is 8.43. The van der Waals surface area contributed by atoms with E-state index in [1.807, 2.05) is 37.3 Å². The molecule has 0 aromatic heterocycles. The fourth-order valence-corrected chi connectivity index (χ4v) is 3.44. The molecule has 2 N–H and O–H groups in total. The number of amides is 2. The molecular formula is C17H15ClN2O2S. The van der Waals surface area contributed by atoms with Crippen molar-refractivity contribution in [2.45, 2.75) is 23.5 Å². The van der Waals surface area contributed by atoms with Crippen molar-refractivity contribution in [3.8, 4) is 0 Å². The molecule has 0 spiro atoms. The van der Waals surface area contributed by atoms with Gasteiger partial charge in [-0.25, -0.2) is 0 Å². The highest BCUT2D eigenvalue weighted by Gasteiger charge is 2.23. The lowest BCUT2D eigenvalue weighted by molar-refractivity contribution is -0.116. The average molecular weight is 347 g/mol. The van der Waals surface area contributed by atoms with Crippen LogP contribution in [0, 0.1) is 0 Å². The Bertz CT molecular complexity index is 779. The largest absolute Gasteiger partial charge is 0.326 e. The highest BCUT2D eigenvalue weighted by atomic mass is 35.5. The van der Waals surface area contributed by atoms with Gasteiger partial charge in [0.1, 0.15) is 0 Å². The van der Waals surface area contributed by atoms with E-state index in [1.54, 1.807) is 12.1 Å². The zero-order chi connectivity index (χ0) is 16.4. The van der Waals surface area contributed by atoms with E-state index in [0.29, 0.717) is 10.7 Å². The lowest BCUT2D eigenvalue weighted by Crippen LogP contribution is -2.26. The highest BCUT2D eigenvalue weighted by Crippen LogP contribution is 2.37. The minimum atomic E-state index is -0.152. The number of hydrogen-bond donors (Lipinski definition) is 2. The van der Waals surface area contributed by atoms with Crippen LogP contribution in [0.5, 0.6) is 0 Å². The minimum absolute atomic E-state index is 0.0259. The van der Waals surface area contributed by atoms with E-state index in [1.165, 1.54) is 11.8 Å². The summed E-state index contributed by atoms with van der Waals surface area (Å²) in [6.45, 7) is 1.86. The van der Waals surface area contributed by atoms with E-state index in [0.717, 1.165) is 16.1 Å². The number of rotatable bonds is 3. The number of hydrogen-bond acceptors (Lipinski definition) is 3. The van der Waals surface area contributed by atoms with Crippen molar-refractivity contribution in [3.05, 3.63) is 53.1 Å². The maximum Gasteiger partial charge on any atom is 0.237 e. The Morgan fingerprint density at radius 2 is 2.09 bits per heavy atom. The van der Waals surface area contributed by atoms with Gasteiger partial charge in [-0.2, -0.15) is 0 Å². The van der Waals surface area contributed by atoms with Gasteiger partial charge in [-0.15, -0.1) is 11.8 Å². The summed E-state index contributed by atoms with van der Waals surface area (Å²) in [4.78, 5) is 24.9. The van der Waals surface area contributed by atoms with Gasteiger partial charge in [0.25, 0.3) is 0 Å². The van der Waals surface area contributed by atoms with Crippen molar-refractivity contribution in [1.82, 2.24) is 0 Å². The molecule has 3 rings (SSSR count). The van der Waals surface area contributed by atoms with E-state index in [-0.39, 0.29) is 23.5 Å². The fourth-order valence-electron chi connectivity index (χ4n) is 2.31. The van der Waals surface area contributed by atoms with E-state index in [2.05, 4.69) is 10.6 Å². The summed E-state index contributed by atoms with van der Waals surface area (Å²) >= 11 is 7.58. The molecule has 6 heteroatoms. The first-order valence-electron chi connectivity index (χ1n) is 7.18. The van der Waals surface area contributed by atoms with Crippen molar-refractivity contribution in [2.75, 3.05) is 10.6 Å². The van der Waals surface area contributed by atoms with Crippen LogP contribution in [0.3, 0.4) is 0 Å². The number of halogens is 1. The molecule has 2 amide bonds. The SMILES string of the molecule is CC1Sc2ccc(NC(=O)Cc3ccccc3Cl)cc2NC1=O. The van der Waals surface area contributed by atoms with Crippen LogP contribution in [0.4, 0.5) is 11.4 Å². The molecule has 1 unspecified atom stereocenters. The third-order valence-corrected chi connectivity index (χ3v) is 5.05. The molecule has 0 saturated carbocycles. The molecule has 1 atom stereocenters. The van der Waals surface area contributed by atoms with Gasteiger partial charge in [0, 0.05) is 15.6 Å². The lowest BCUT2D eigenvalue weighted by atomic mass is 10.1. The predicted molar refractivity (Wildman–Crippen MR) is 94.2 cm³/mol. The summed E-state index contributed by atoms with van der Waals surface area (Å²) in [6, 6.07) is 12.8. The summed E-state index contributed by atoms with van der Waals surface area (Å²) < 4.78 is 0. The molecule has 118 valence electrons. The molecule has 0 saturated heterocycles. The molecule has 1 heterocycles. The molecule has 0 fully saturated rings. The average Bonchev–Trinajstić information content (AvgIpc) is 2.51. The summed E-state index contributed by atoms with van der Waals surface area (Å²) in [5.41, 5.74) is 2.16. The third kappa shape index (κ3) is 3.68. The molecule has 1 aliphatic heterocycles. The zero-order valence-corrected chi connectivity index (χ0v) is 14.0. The molecule has 0 radical (unpaired) electrons. The third-order valence-electron chi connectivity index (χ3n) is 3.50. The van der Waals surface area contributed by atoms with Gasteiger partial charge in [0.2, 0.25) is 11.8 Å². The highest BCUT2D eigenvalue weighted by molar-refractivity contribution is 8.00. The van der Waals surface area contributed by atoms with Crippen molar-refractivity contribution in [1.29, 1.82) is 0 Å². The van der Waals surface area contributed by atoms with Crippen LogP contribution in [-0.4, -0.2) is 17.1 Å². The van der Waals surface area contributed by atoms with Crippen molar-refractivity contribution in [2.24, 2.45) is 0 Å². The molecule has 0 aliphatic carbocycles. The normalized spacial score (nSPS) is 16.4. The quantitative estimate of drug-likeness (QED) is 0.884. The second-order valence-corrected chi connectivity index (χ2v) is 7.07. The smallest absolute Gasteiger partial charge is 0.237 e. The molecule has 1 aliphatic rings. The number of nitrogens with one attached hydrogen (secondary N) is 2. The van der Waals surface area contributed by atoms with Gasteiger partial charge in [-0.05, 0) is 36.8 Å². The minimum Gasteiger partial charge on any atom is -0.326 e. The summed E-state index contributed by atoms with van der Waals surface area (Å²) in [5, 5.41) is 6.15. The fraction of sp³-hybridized carbons (Fsp3) is 0.176. The van der Waals surface area contributed by atoms with Crippen LogP contribution in [0.15, 0.2) is 47.4 Å². The van der Waals surface area contributed by atoms with Gasteiger partial charge in [-0.3, -0.25) is 9.59 Å². The maximum atomic E-state index is 12.2. The van der Waals surface area contributed by atoms with Crippen molar-refractivity contribution in [3.63, 3.8) is 0 Å². The second kappa shape index (κ2) is 6.64. The number of carbonyl (C=O) groups excluding carboxylic acids is 2. The summed E-state index contributed by atoms with van der Waals surface area (Å²) in [5.74, 6) is -0.178. The van der Waals surface area contributed by atoms with Crippen LogP contribution in [0.1, 0.15) is 12.5 Å².